The Balaban J connectivity index is 1.98. The molecule has 3 nitrogen and oxygen atoms in total. The normalized spacial score (nSPS) is 26.8. The highest BCUT2D eigenvalue weighted by Crippen LogP contribution is 2.31. The number of benzene rings is 1. The Hall–Kier alpha value is -0.650. The lowest BCUT2D eigenvalue weighted by molar-refractivity contribution is -0.118. The highest BCUT2D eigenvalue weighted by molar-refractivity contribution is 9.10. The molecule has 1 aliphatic carbocycles. The molecule has 0 bridgehead atoms. The molecule has 3 atom stereocenters. The van der Waals surface area contributed by atoms with Crippen molar-refractivity contribution in [1.82, 2.24) is 0 Å². The monoisotopic (exact) mass is 317 g/mol. The highest BCUT2D eigenvalue weighted by atomic mass is 79.9. The third-order valence-corrected chi connectivity index (χ3v) is 3.67. The van der Waals surface area contributed by atoms with Gasteiger partial charge in [0.25, 0.3) is 0 Å². The van der Waals surface area contributed by atoms with Crippen molar-refractivity contribution in [3.63, 3.8) is 0 Å². The molecule has 1 fully saturated rings. The molecule has 1 saturated carbocycles. The maximum atomic E-state index is 13.7. The smallest absolute Gasteiger partial charge is 0.147 e. The molecule has 2 rings (SSSR count). The first-order chi connectivity index (χ1) is 8.65. The van der Waals surface area contributed by atoms with Gasteiger partial charge in [0.05, 0.1) is 17.8 Å². The number of hydrogen-bond donors (Lipinski definition) is 1. The van der Waals surface area contributed by atoms with E-state index in [0.717, 1.165) is 10.9 Å². The van der Waals surface area contributed by atoms with E-state index in [9.17, 15) is 4.39 Å². The van der Waals surface area contributed by atoms with Gasteiger partial charge < -0.3 is 14.8 Å². The first-order valence-electron chi connectivity index (χ1n) is 6.01. The van der Waals surface area contributed by atoms with Gasteiger partial charge in [-0.2, -0.15) is 0 Å². The highest BCUT2D eigenvalue weighted by Gasteiger charge is 2.42. The number of nitrogens with one attached hydrogen (secondary N) is 1. The van der Waals surface area contributed by atoms with Crippen LogP contribution in [0.1, 0.15) is 13.3 Å². The van der Waals surface area contributed by atoms with Crippen LogP contribution in [-0.2, 0) is 9.47 Å². The lowest BCUT2D eigenvalue weighted by Crippen LogP contribution is -2.56. The van der Waals surface area contributed by atoms with Crippen molar-refractivity contribution in [1.29, 1.82) is 0 Å². The Labute approximate surface area is 115 Å². The molecule has 0 aliphatic heterocycles. The van der Waals surface area contributed by atoms with Crippen molar-refractivity contribution in [2.45, 2.75) is 31.6 Å². The molecule has 3 unspecified atom stereocenters. The topological polar surface area (TPSA) is 30.5 Å². The van der Waals surface area contributed by atoms with E-state index >= 15 is 0 Å². The van der Waals surface area contributed by atoms with E-state index in [-0.39, 0.29) is 24.1 Å². The minimum absolute atomic E-state index is 0.0204. The second-order valence-electron chi connectivity index (χ2n) is 4.30. The van der Waals surface area contributed by atoms with Crippen molar-refractivity contribution in [3.05, 3.63) is 28.5 Å². The number of methoxy groups -OCH3 is 1. The van der Waals surface area contributed by atoms with Gasteiger partial charge in [-0.3, -0.25) is 0 Å². The second kappa shape index (κ2) is 5.99. The van der Waals surface area contributed by atoms with Crippen molar-refractivity contribution in [2.24, 2.45) is 0 Å². The Morgan fingerprint density at radius 1 is 1.50 bits per heavy atom. The number of anilines is 1. The molecule has 1 N–H and O–H groups in total. The van der Waals surface area contributed by atoms with Crippen LogP contribution >= 0.6 is 15.9 Å². The van der Waals surface area contributed by atoms with Crippen LogP contribution in [0.3, 0.4) is 0 Å². The van der Waals surface area contributed by atoms with Crippen LogP contribution < -0.4 is 5.32 Å². The number of ether oxygens (including phenoxy) is 2. The molecule has 0 spiro atoms. The summed E-state index contributed by atoms with van der Waals surface area (Å²) in [4.78, 5) is 0. The molecule has 1 aromatic carbocycles. The quantitative estimate of drug-likeness (QED) is 0.904. The maximum absolute atomic E-state index is 13.7. The van der Waals surface area contributed by atoms with Gasteiger partial charge in [-0.05, 0) is 31.5 Å². The van der Waals surface area contributed by atoms with Gasteiger partial charge in [0.15, 0.2) is 0 Å². The van der Waals surface area contributed by atoms with Gasteiger partial charge in [-0.15, -0.1) is 0 Å². The summed E-state index contributed by atoms with van der Waals surface area (Å²) < 4.78 is 25.3. The van der Waals surface area contributed by atoms with Crippen molar-refractivity contribution in [3.8, 4) is 0 Å². The van der Waals surface area contributed by atoms with E-state index in [1.807, 2.05) is 13.0 Å². The van der Waals surface area contributed by atoms with Crippen molar-refractivity contribution in [2.75, 3.05) is 19.0 Å². The summed E-state index contributed by atoms with van der Waals surface area (Å²) >= 11 is 3.24. The van der Waals surface area contributed by atoms with Gasteiger partial charge in [-0.25, -0.2) is 4.39 Å². The fraction of sp³-hybridized carbons (Fsp3) is 0.538. The van der Waals surface area contributed by atoms with Crippen LogP contribution in [0, 0.1) is 5.82 Å². The molecule has 0 aromatic heterocycles. The summed E-state index contributed by atoms with van der Waals surface area (Å²) in [5.41, 5.74) is 0.500. The zero-order chi connectivity index (χ0) is 13.1. The van der Waals surface area contributed by atoms with E-state index in [1.165, 1.54) is 6.07 Å². The summed E-state index contributed by atoms with van der Waals surface area (Å²) in [6, 6.07) is 5.08. The van der Waals surface area contributed by atoms with Gasteiger partial charge in [0.1, 0.15) is 11.9 Å². The maximum Gasteiger partial charge on any atom is 0.147 e. The predicted molar refractivity (Wildman–Crippen MR) is 72.3 cm³/mol. The SMILES string of the molecule is CCOC1CC(Nc2ccc(Br)cc2F)C1OC. The minimum Gasteiger partial charge on any atom is -0.377 e. The Bertz CT molecular complexity index is 416. The van der Waals surface area contributed by atoms with Crippen LogP contribution in [-0.4, -0.2) is 32.0 Å². The van der Waals surface area contributed by atoms with Gasteiger partial charge in [0, 0.05) is 18.2 Å². The van der Waals surface area contributed by atoms with E-state index in [2.05, 4.69) is 21.2 Å². The van der Waals surface area contributed by atoms with E-state index in [4.69, 9.17) is 9.47 Å². The third kappa shape index (κ3) is 2.84. The average Bonchev–Trinajstić information content (AvgIpc) is 2.31. The summed E-state index contributed by atoms with van der Waals surface area (Å²) in [6.45, 7) is 2.63. The van der Waals surface area contributed by atoms with E-state index in [1.54, 1.807) is 13.2 Å². The first kappa shape index (κ1) is 13.8. The molecule has 18 heavy (non-hydrogen) atoms. The largest absolute Gasteiger partial charge is 0.377 e. The Morgan fingerprint density at radius 3 is 2.89 bits per heavy atom. The van der Waals surface area contributed by atoms with Crippen molar-refractivity contribution >= 4 is 21.6 Å². The predicted octanol–water partition coefficient (Wildman–Crippen LogP) is 3.19. The van der Waals surface area contributed by atoms with Gasteiger partial charge in [0.2, 0.25) is 0 Å². The lowest BCUT2D eigenvalue weighted by Gasteiger charge is -2.43. The van der Waals surface area contributed by atoms with Gasteiger partial charge >= 0.3 is 0 Å². The zero-order valence-corrected chi connectivity index (χ0v) is 12.0. The molecule has 0 heterocycles. The molecule has 0 amide bonds. The fourth-order valence-corrected chi connectivity index (χ4v) is 2.56. The lowest BCUT2D eigenvalue weighted by atomic mass is 9.85. The van der Waals surface area contributed by atoms with Crippen LogP contribution in [0.4, 0.5) is 10.1 Å². The fourth-order valence-electron chi connectivity index (χ4n) is 2.22. The molecular formula is C13H17BrFNO2. The number of halogens is 2. The number of hydrogen-bond acceptors (Lipinski definition) is 3. The Morgan fingerprint density at radius 2 is 2.28 bits per heavy atom. The molecule has 1 aliphatic rings. The van der Waals surface area contributed by atoms with Crippen LogP contribution in [0.25, 0.3) is 0 Å². The summed E-state index contributed by atoms with van der Waals surface area (Å²) in [6.07, 6.45) is 0.922. The van der Waals surface area contributed by atoms with Gasteiger partial charge in [-0.1, -0.05) is 15.9 Å². The summed E-state index contributed by atoms with van der Waals surface area (Å²) in [7, 11) is 1.66. The van der Waals surface area contributed by atoms with Crippen LogP contribution in [0.5, 0.6) is 0 Å². The molecule has 1 aromatic rings. The summed E-state index contributed by atoms with van der Waals surface area (Å²) in [5, 5.41) is 3.16. The zero-order valence-electron chi connectivity index (χ0n) is 10.5. The molecule has 0 radical (unpaired) electrons. The molecule has 100 valence electrons. The van der Waals surface area contributed by atoms with Crippen molar-refractivity contribution < 1.29 is 13.9 Å². The molecule has 0 saturated heterocycles. The van der Waals surface area contributed by atoms with Crippen LogP contribution in [0.15, 0.2) is 22.7 Å². The minimum atomic E-state index is -0.265. The first-order valence-corrected chi connectivity index (χ1v) is 6.81. The van der Waals surface area contributed by atoms with E-state index in [0.29, 0.717) is 12.3 Å². The van der Waals surface area contributed by atoms with E-state index < -0.39 is 0 Å². The summed E-state index contributed by atoms with van der Waals surface area (Å²) in [5.74, 6) is -0.265. The van der Waals surface area contributed by atoms with Crippen LogP contribution in [0.2, 0.25) is 0 Å². The third-order valence-electron chi connectivity index (χ3n) is 3.17. The second-order valence-corrected chi connectivity index (χ2v) is 5.22. The number of rotatable bonds is 5. The molecular weight excluding hydrogens is 301 g/mol. The Kier molecular flexibility index (Phi) is 4.59. The molecule has 5 heteroatoms. The standard InChI is InChI=1S/C13H17BrFNO2/c1-3-18-12-7-11(13(12)17-2)16-10-5-4-8(14)6-9(10)15/h4-6,11-13,16H,3,7H2,1-2H3. The average molecular weight is 318 g/mol.